The minimum absolute atomic E-state index is 0.182. The summed E-state index contributed by atoms with van der Waals surface area (Å²) in [5, 5.41) is 6.54. The van der Waals surface area contributed by atoms with Gasteiger partial charge in [-0.05, 0) is 38.0 Å². The normalized spacial score (nSPS) is 12.5. The number of aromatic nitrogens is 2. The number of halogens is 4. The molecule has 9 heteroatoms. The zero-order valence-electron chi connectivity index (χ0n) is 16.9. The monoisotopic (exact) mass is 451 g/mol. The lowest BCUT2D eigenvalue weighted by atomic mass is 10.1. The van der Waals surface area contributed by atoms with E-state index in [1.165, 1.54) is 12.1 Å². The smallest absolute Gasteiger partial charge is 0.435 e. The van der Waals surface area contributed by atoms with Gasteiger partial charge in [0.1, 0.15) is 0 Å². The van der Waals surface area contributed by atoms with Crippen molar-refractivity contribution in [3.05, 3.63) is 76.4 Å². The predicted molar refractivity (Wildman–Crippen MR) is 112 cm³/mol. The summed E-state index contributed by atoms with van der Waals surface area (Å²) in [6.07, 6.45) is -4.06. The van der Waals surface area contributed by atoms with Crippen LogP contribution in [0.2, 0.25) is 5.02 Å². The third-order valence-corrected chi connectivity index (χ3v) is 4.79. The molecular weight excluding hydrogens is 431 g/mol. The highest BCUT2D eigenvalue weighted by Gasteiger charge is 2.36. The Bertz CT molecular complexity index is 1050. The largest absolute Gasteiger partial charge is 0.467 e. The molecule has 0 saturated heterocycles. The maximum absolute atomic E-state index is 13.2. The summed E-state index contributed by atoms with van der Waals surface area (Å²) in [4.78, 5) is 12.3. The third kappa shape index (κ3) is 6.01. The summed E-state index contributed by atoms with van der Waals surface area (Å²) in [7, 11) is 0. The number of carbonyl (C=O) groups is 1. The molecule has 2 aromatic carbocycles. The van der Waals surface area contributed by atoms with Gasteiger partial charge in [0.15, 0.2) is 12.3 Å². The van der Waals surface area contributed by atoms with Gasteiger partial charge in [0.2, 0.25) is 5.88 Å². The molecule has 5 nitrogen and oxygen atoms in total. The second kappa shape index (κ2) is 9.43. The Morgan fingerprint density at radius 2 is 1.87 bits per heavy atom. The molecule has 0 fully saturated rings. The molecule has 1 aromatic heterocycles. The average Bonchev–Trinajstić information content (AvgIpc) is 3.13. The molecule has 1 heterocycles. The fourth-order valence-corrected chi connectivity index (χ4v) is 3.20. The van der Waals surface area contributed by atoms with Crippen molar-refractivity contribution in [1.29, 1.82) is 0 Å². The minimum atomic E-state index is -4.67. The van der Waals surface area contributed by atoms with Crippen molar-refractivity contribution < 1.29 is 22.7 Å². The highest BCUT2D eigenvalue weighted by molar-refractivity contribution is 6.32. The van der Waals surface area contributed by atoms with E-state index in [4.69, 9.17) is 16.3 Å². The van der Waals surface area contributed by atoms with Crippen molar-refractivity contribution in [3.8, 4) is 11.6 Å². The van der Waals surface area contributed by atoms with Crippen molar-refractivity contribution in [2.45, 2.75) is 32.5 Å². The van der Waals surface area contributed by atoms with Crippen molar-refractivity contribution in [2.24, 2.45) is 0 Å². The van der Waals surface area contributed by atoms with Gasteiger partial charge in [-0.3, -0.25) is 4.79 Å². The van der Waals surface area contributed by atoms with Crippen LogP contribution in [0.3, 0.4) is 0 Å². The first-order chi connectivity index (χ1) is 14.6. The maximum Gasteiger partial charge on any atom is 0.435 e. The van der Waals surface area contributed by atoms with Gasteiger partial charge in [-0.15, -0.1) is 0 Å². The van der Waals surface area contributed by atoms with E-state index in [1.54, 1.807) is 12.1 Å². The number of aryl methyl sites for hydroxylation is 1. The molecule has 1 unspecified atom stereocenters. The highest BCUT2D eigenvalue weighted by atomic mass is 35.5. The third-order valence-electron chi connectivity index (χ3n) is 4.47. The van der Waals surface area contributed by atoms with E-state index in [-0.39, 0.29) is 22.6 Å². The first-order valence-electron chi connectivity index (χ1n) is 9.53. The number of para-hydroxylation sites is 1. The van der Waals surface area contributed by atoms with Crippen LogP contribution in [-0.4, -0.2) is 28.3 Å². The number of amides is 1. The van der Waals surface area contributed by atoms with E-state index in [0.29, 0.717) is 6.42 Å². The lowest BCUT2D eigenvalue weighted by molar-refractivity contribution is -0.141. The fourth-order valence-electron chi connectivity index (χ4n) is 2.99. The van der Waals surface area contributed by atoms with Crippen LogP contribution in [0.1, 0.15) is 23.7 Å². The Morgan fingerprint density at radius 1 is 1.19 bits per heavy atom. The molecule has 0 saturated carbocycles. The van der Waals surface area contributed by atoms with Crippen LogP contribution in [0, 0.1) is 6.92 Å². The number of rotatable bonds is 7. The first-order valence-corrected chi connectivity index (χ1v) is 9.91. The molecule has 3 aromatic rings. The van der Waals surface area contributed by atoms with Crippen LogP contribution in [0.15, 0.2) is 54.6 Å². The Labute approximate surface area is 182 Å². The van der Waals surface area contributed by atoms with Gasteiger partial charge >= 0.3 is 6.18 Å². The molecule has 3 rings (SSSR count). The van der Waals surface area contributed by atoms with Gasteiger partial charge in [-0.2, -0.15) is 23.0 Å². The first kappa shape index (κ1) is 22.7. The van der Waals surface area contributed by atoms with Crippen LogP contribution in [0.5, 0.6) is 5.88 Å². The van der Waals surface area contributed by atoms with Crippen LogP contribution < -0.4 is 10.1 Å². The van der Waals surface area contributed by atoms with E-state index in [9.17, 15) is 18.0 Å². The zero-order chi connectivity index (χ0) is 22.6. The predicted octanol–water partition coefficient (Wildman–Crippen LogP) is 4.98. The Hall–Kier alpha value is -3.00. The molecule has 0 spiro atoms. The number of hydrogen-bond donors (Lipinski definition) is 1. The van der Waals surface area contributed by atoms with E-state index in [1.807, 2.05) is 38.1 Å². The van der Waals surface area contributed by atoms with Gasteiger partial charge < -0.3 is 10.1 Å². The van der Waals surface area contributed by atoms with Crippen LogP contribution in [0.25, 0.3) is 5.69 Å². The van der Waals surface area contributed by atoms with Gasteiger partial charge in [-0.25, -0.2) is 0 Å². The number of hydrogen-bond acceptors (Lipinski definition) is 3. The van der Waals surface area contributed by atoms with E-state index in [0.717, 1.165) is 21.9 Å². The van der Waals surface area contributed by atoms with E-state index >= 15 is 0 Å². The van der Waals surface area contributed by atoms with Crippen molar-refractivity contribution >= 4 is 17.5 Å². The second-order valence-electron chi connectivity index (χ2n) is 7.18. The second-order valence-corrected chi connectivity index (χ2v) is 7.58. The molecule has 164 valence electrons. The Balaban J connectivity index is 1.68. The molecule has 0 aliphatic heterocycles. The van der Waals surface area contributed by atoms with Crippen molar-refractivity contribution in [2.75, 3.05) is 6.61 Å². The maximum atomic E-state index is 13.2. The summed E-state index contributed by atoms with van der Waals surface area (Å²) in [5.41, 5.74) is 1.27. The summed E-state index contributed by atoms with van der Waals surface area (Å²) in [6.45, 7) is 3.36. The topological polar surface area (TPSA) is 56.1 Å². The van der Waals surface area contributed by atoms with Crippen LogP contribution in [0.4, 0.5) is 13.2 Å². The fraction of sp³-hybridized carbons (Fsp3) is 0.273. The van der Waals surface area contributed by atoms with Crippen molar-refractivity contribution in [1.82, 2.24) is 15.1 Å². The summed E-state index contributed by atoms with van der Waals surface area (Å²) < 4.78 is 45.8. The molecule has 31 heavy (non-hydrogen) atoms. The summed E-state index contributed by atoms with van der Waals surface area (Å²) >= 11 is 6.10. The molecule has 0 bridgehead atoms. The molecule has 1 N–H and O–H groups in total. The molecular formula is C22H21ClF3N3O2. The Kier molecular flexibility index (Phi) is 6.90. The molecule has 1 amide bonds. The number of nitrogens with zero attached hydrogens (tertiary/aromatic N) is 2. The van der Waals surface area contributed by atoms with Crippen LogP contribution in [-0.2, 0) is 17.4 Å². The lowest BCUT2D eigenvalue weighted by Crippen LogP contribution is -2.37. The Morgan fingerprint density at radius 3 is 2.52 bits per heavy atom. The van der Waals surface area contributed by atoms with Gasteiger partial charge in [0, 0.05) is 12.1 Å². The van der Waals surface area contributed by atoms with Gasteiger partial charge in [0.05, 0.1) is 10.7 Å². The molecule has 0 aliphatic rings. The van der Waals surface area contributed by atoms with Gasteiger partial charge in [0.25, 0.3) is 5.91 Å². The average molecular weight is 452 g/mol. The lowest BCUT2D eigenvalue weighted by Gasteiger charge is -2.15. The van der Waals surface area contributed by atoms with Crippen LogP contribution >= 0.6 is 11.6 Å². The standard InChI is InChI=1S/C22H21ClF3N3O2/c1-14-7-9-16(10-8-14)11-15(2)27-20(30)13-31-21-12-19(22(24,25)26)28-29(21)18-6-4-3-5-17(18)23/h3-10,12,15H,11,13H2,1-2H3,(H,27,30). The number of benzene rings is 2. The number of nitrogens with one attached hydrogen (secondary N) is 1. The SMILES string of the molecule is Cc1ccc(CC(C)NC(=O)COc2cc(C(F)(F)F)nn2-c2ccccc2Cl)cc1. The zero-order valence-corrected chi connectivity index (χ0v) is 17.7. The molecule has 1 atom stereocenters. The molecule has 0 radical (unpaired) electrons. The molecule has 0 aliphatic carbocycles. The van der Waals surface area contributed by atoms with Crippen molar-refractivity contribution in [3.63, 3.8) is 0 Å². The summed E-state index contributed by atoms with van der Waals surface area (Å²) in [6, 6.07) is 14.8. The van der Waals surface area contributed by atoms with E-state index in [2.05, 4.69) is 10.4 Å². The highest BCUT2D eigenvalue weighted by Crippen LogP contribution is 2.33. The van der Waals surface area contributed by atoms with E-state index < -0.39 is 24.4 Å². The number of carbonyl (C=O) groups excluding carboxylic acids is 1. The van der Waals surface area contributed by atoms with Gasteiger partial charge in [-0.1, -0.05) is 53.6 Å². The quantitative estimate of drug-likeness (QED) is 0.551. The number of alkyl halides is 3. The number of ether oxygens (including phenoxy) is 1. The minimum Gasteiger partial charge on any atom is -0.467 e. The summed E-state index contributed by atoms with van der Waals surface area (Å²) in [5.74, 6) is -0.693.